The molecule has 20 heavy (non-hydrogen) atoms. The van der Waals surface area contributed by atoms with Gasteiger partial charge in [0.25, 0.3) is 5.91 Å². The molecule has 1 aliphatic rings. The Morgan fingerprint density at radius 3 is 2.30 bits per heavy atom. The van der Waals surface area contributed by atoms with E-state index in [4.69, 9.17) is 0 Å². The zero-order chi connectivity index (χ0) is 15.3. The average molecular weight is 285 g/mol. The molecule has 2 amide bonds. The Balaban J connectivity index is 2.41. The van der Waals surface area contributed by atoms with Gasteiger partial charge in [-0.25, -0.2) is 0 Å². The molecule has 7 heteroatoms. The lowest BCUT2D eigenvalue weighted by molar-refractivity contribution is -0.416. The molecule has 0 unspecified atom stereocenters. The van der Waals surface area contributed by atoms with E-state index in [1.54, 1.807) is 4.90 Å². The summed E-state index contributed by atoms with van der Waals surface area (Å²) < 4.78 is 0. The van der Waals surface area contributed by atoms with Crippen LogP contribution in [0.3, 0.4) is 0 Å². The number of amides is 2. The lowest BCUT2D eigenvalue weighted by Gasteiger charge is -2.32. The van der Waals surface area contributed by atoms with Crippen LogP contribution < -0.4 is 16.2 Å². The minimum Gasteiger partial charge on any atom is -0.548 e. The lowest BCUT2D eigenvalue weighted by atomic mass is 9.94. The van der Waals surface area contributed by atoms with Gasteiger partial charge < -0.3 is 25.9 Å². The number of piperidine rings is 1. The number of hydrogen-bond acceptors (Lipinski definition) is 4. The number of carboxylic acids is 1. The molecular weight excluding hydrogens is 262 g/mol. The summed E-state index contributed by atoms with van der Waals surface area (Å²) >= 11 is 0. The summed E-state index contributed by atoms with van der Waals surface area (Å²) in [5.41, 5.74) is 3.87. The van der Waals surface area contributed by atoms with Gasteiger partial charge in [-0.05, 0) is 12.8 Å². The molecule has 1 rings (SSSR count). The molecule has 0 radical (unpaired) electrons. The van der Waals surface area contributed by atoms with Crippen molar-refractivity contribution in [1.29, 1.82) is 0 Å². The minimum absolute atomic E-state index is 0.0218. The topological polar surface area (TPSA) is 117 Å². The number of carbonyl (C=O) groups is 3. The normalized spacial score (nSPS) is 17.9. The van der Waals surface area contributed by atoms with Gasteiger partial charge in [-0.3, -0.25) is 9.59 Å². The molecule has 4 N–H and O–H groups in total. The van der Waals surface area contributed by atoms with Gasteiger partial charge >= 0.3 is 0 Å². The number of quaternary nitrogens is 1. The maximum absolute atomic E-state index is 12.1. The molecule has 1 saturated heterocycles. The molecule has 0 aromatic heterocycles. The molecule has 1 heterocycles. The van der Waals surface area contributed by atoms with Gasteiger partial charge in [-0.2, -0.15) is 0 Å². The Hall–Kier alpha value is -1.63. The van der Waals surface area contributed by atoms with E-state index in [9.17, 15) is 19.5 Å². The number of hydrogen-bond donors (Lipinski definition) is 2. The first-order valence-electron chi connectivity index (χ1n) is 6.92. The lowest BCUT2D eigenvalue weighted by Crippen LogP contribution is -2.70. The first-order valence-corrected chi connectivity index (χ1v) is 6.92. The number of likely N-dealkylation sites (tertiary alicyclic amines) is 1. The monoisotopic (exact) mass is 285 g/mol. The van der Waals surface area contributed by atoms with Crippen LogP contribution in [-0.2, 0) is 14.4 Å². The Labute approximate surface area is 118 Å². The van der Waals surface area contributed by atoms with Crippen LogP contribution in [0.2, 0.25) is 0 Å². The molecule has 0 saturated carbocycles. The van der Waals surface area contributed by atoms with Gasteiger partial charge in [-0.15, -0.1) is 0 Å². The van der Waals surface area contributed by atoms with E-state index < -0.39 is 12.5 Å². The molecule has 0 aromatic rings. The number of carboxylic acid groups (broad SMARTS) is 1. The maximum Gasteiger partial charge on any atom is 0.280 e. The molecule has 0 aromatic carbocycles. The van der Waals surface area contributed by atoms with E-state index in [1.807, 2.05) is 13.8 Å². The van der Waals surface area contributed by atoms with E-state index in [1.165, 1.54) is 0 Å². The molecule has 0 aliphatic carbocycles. The van der Waals surface area contributed by atoms with Crippen molar-refractivity contribution in [3.63, 3.8) is 0 Å². The van der Waals surface area contributed by atoms with Crippen molar-refractivity contribution in [3.8, 4) is 0 Å². The van der Waals surface area contributed by atoms with Gasteiger partial charge in [0.1, 0.15) is 0 Å². The van der Waals surface area contributed by atoms with Crippen LogP contribution in [0.4, 0.5) is 0 Å². The number of rotatable bonds is 5. The number of carbonyl (C=O) groups excluding carboxylic acids is 3. The summed E-state index contributed by atoms with van der Waals surface area (Å²) in [4.78, 5) is 35.8. The van der Waals surface area contributed by atoms with Crippen molar-refractivity contribution in [2.45, 2.75) is 32.7 Å². The highest BCUT2D eigenvalue weighted by Crippen LogP contribution is 2.18. The number of nitrogens with one attached hydrogen (secondary N) is 1. The molecule has 1 aliphatic heterocycles. The average Bonchev–Trinajstić information content (AvgIpc) is 2.43. The van der Waals surface area contributed by atoms with Crippen LogP contribution in [0.15, 0.2) is 0 Å². The van der Waals surface area contributed by atoms with Gasteiger partial charge in [0.05, 0.1) is 12.5 Å². The third-order valence-electron chi connectivity index (χ3n) is 3.71. The van der Waals surface area contributed by atoms with Crippen molar-refractivity contribution in [1.82, 2.24) is 10.2 Å². The van der Waals surface area contributed by atoms with Crippen molar-refractivity contribution >= 4 is 17.8 Å². The summed E-state index contributed by atoms with van der Waals surface area (Å²) in [5, 5.41) is 12.6. The summed E-state index contributed by atoms with van der Waals surface area (Å²) in [7, 11) is 0. The maximum atomic E-state index is 12.1. The highest BCUT2D eigenvalue weighted by atomic mass is 16.4. The minimum atomic E-state index is -1.30. The van der Waals surface area contributed by atoms with Crippen LogP contribution >= 0.6 is 0 Å². The van der Waals surface area contributed by atoms with Gasteiger partial charge in [-0.1, -0.05) is 13.8 Å². The van der Waals surface area contributed by atoms with Crippen LogP contribution in [0, 0.1) is 11.8 Å². The predicted octanol–water partition coefficient (Wildman–Crippen LogP) is -2.64. The quantitative estimate of drug-likeness (QED) is 0.574. The van der Waals surface area contributed by atoms with Crippen LogP contribution in [-0.4, -0.2) is 48.4 Å². The van der Waals surface area contributed by atoms with Gasteiger partial charge in [0, 0.05) is 24.9 Å². The van der Waals surface area contributed by atoms with E-state index in [-0.39, 0.29) is 29.7 Å². The van der Waals surface area contributed by atoms with Gasteiger partial charge in [0.2, 0.25) is 5.91 Å². The second-order valence-electron chi connectivity index (χ2n) is 5.54. The Bertz CT molecular complexity index is 376. The van der Waals surface area contributed by atoms with E-state index in [0.29, 0.717) is 25.9 Å². The molecule has 1 fully saturated rings. The molecule has 7 nitrogen and oxygen atoms in total. The third-order valence-corrected chi connectivity index (χ3v) is 3.71. The second-order valence-corrected chi connectivity index (χ2v) is 5.54. The third kappa shape index (κ3) is 4.48. The van der Waals surface area contributed by atoms with E-state index in [2.05, 4.69) is 11.1 Å². The Morgan fingerprint density at radius 2 is 1.85 bits per heavy atom. The first kappa shape index (κ1) is 16.4. The van der Waals surface area contributed by atoms with E-state index in [0.717, 1.165) is 0 Å². The summed E-state index contributed by atoms with van der Waals surface area (Å²) in [6.45, 7) is 4.47. The number of aliphatic carboxylic acids is 1. The van der Waals surface area contributed by atoms with E-state index >= 15 is 0 Å². The largest absolute Gasteiger partial charge is 0.548 e. The molecular formula is C13H23N3O4. The smallest absolute Gasteiger partial charge is 0.280 e. The second kappa shape index (κ2) is 7.23. The van der Waals surface area contributed by atoms with Crippen molar-refractivity contribution < 1.29 is 25.2 Å². The Kier molecular flexibility index (Phi) is 5.94. The predicted molar refractivity (Wildman–Crippen MR) is 68.8 cm³/mol. The summed E-state index contributed by atoms with van der Waals surface area (Å²) in [6.07, 6.45) is 1.10. The Morgan fingerprint density at radius 1 is 1.30 bits per heavy atom. The fourth-order valence-corrected chi connectivity index (χ4v) is 2.19. The highest BCUT2D eigenvalue weighted by Gasteiger charge is 2.31. The first-order chi connectivity index (χ1) is 9.32. The SMILES string of the molecule is CC(C)[C@H]([NH3+])C(=O)N1CCC(C(=O)NCC(=O)[O-])CC1. The van der Waals surface area contributed by atoms with Crippen molar-refractivity contribution in [3.05, 3.63) is 0 Å². The highest BCUT2D eigenvalue weighted by molar-refractivity contribution is 5.83. The zero-order valence-electron chi connectivity index (χ0n) is 12.1. The molecule has 0 spiro atoms. The van der Waals surface area contributed by atoms with Crippen molar-refractivity contribution in [2.75, 3.05) is 19.6 Å². The van der Waals surface area contributed by atoms with Crippen LogP contribution in [0.5, 0.6) is 0 Å². The zero-order valence-corrected chi connectivity index (χ0v) is 12.1. The van der Waals surface area contributed by atoms with Gasteiger partial charge in [0.15, 0.2) is 6.04 Å². The fraction of sp³-hybridized carbons (Fsp3) is 0.769. The number of nitrogens with zero attached hydrogens (tertiary/aromatic N) is 1. The summed E-state index contributed by atoms with van der Waals surface area (Å²) in [5.74, 6) is -1.61. The standard InChI is InChI=1S/C13H23N3O4/c1-8(2)11(14)13(20)16-5-3-9(4-6-16)12(19)15-7-10(17)18/h8-9,11H,3-7,14H2,1-2H3,(H,15,19)(H,17,18)/t11-/m0/s1. The van der Waals surface area contributed by atoms with Crippen molar-refractivity contribution in [2.24, 2.45) is 11.8 Å². The summed E-state index contributed by atoms with van der Waals surface area (Å²) in [6, 6.07) is -0.265. The van der Waals surface area contributed by atoms with Crippen LogP contribution in [0.25, 0.3) is 0 Å². The molecule has 0 bridgehead atoms. The molecule has 114 valence electrons. The fourth-order valence-electron chi connectivity index (χ4n) is 2.19. The molecule has 1 atom stereocenters. The van der Waals surface area contributed by atoms with Crippen LogP contribution in [0.1, 0.15) is 26.7 Å².